The molecule has 0 aliphatic heterocycles. The van der Waals surface area contributed by atoms with E-state index in [1.807, 2.05) is 6.92 Å². The molecule has 2 rings (SSSR count). The number of aromatic nitrogens is 2. The molecule has 1 unspecified atom stereocenters. The second-order valence-corrected chi connectivity index (χ2v) is 4.88. The van der Waals surface area contributed by atoms with E-state index in [0.717, 1.165) is 24.3 Å². The standard InChI is InChI=1S/C13H17ClN2/c1-4-7-16-12-6-5-9(2)8-11(12)15-13(16)10(3)14/h5-6,8,10H,4,7H2,1-3H3. The fourth-order valence-corrected chi connectivity index (χ4v) is 2.19. The van der Waals surface area contributed by atoms with Crippen LogP contribution >= 0.6 is 11.6 Å². The largest absolute Gasteiger partial charge is 0.327 e. The predicted molar refractivity (Wildman–Crippen MR) is 69.0 cm³/mol. The summed E-state index contributed by atoms with van der Waals surface area (Å²) in [6, 6.07) is 6.37. The van der Waals surface area contributed by atoms with Gasteiger partial charge in [-0.05, 0) is 38.0 Å². The van der Waals surface area contributed by atoms with E-state index in [-0.39, 0.29) is 5.38 Å². The number of hydrogen-bond acceptors (Lipinski definition) is 1. The van der Waals surface area contributed by atoms with Gasteiger partial charge in [0.15, 0.2) is 0 Å². The zero-order chi connectivity index (χ0) is 11.7. The monoisotopic (exact) mass is 236 g/mol. The van der Waals surface area contributed by atoms with E-state index >= 15 is 0 Å². The summed E-state index contributed by atoms with van der Waals surface area (Å²) in [5.41, 5.74) is 3.48. The first-order valence-electron chi connectivity index (χ1n) is 5.74. The molecule has 86 valence electrons. The molecule has 0 saturated heterocycles. The number of fused-ring (bicyclic) bond motifs is 1. The van der Waals surface area contributed by atoms with E-state index in [2.05, 4.69) is 41.6 Å². The molecule has 0 aliphatic rings. The number of benzene rings is 1. The summed E-state index contributed by atoms with van der Waals surface area (Å²) in [5, 5.41) is -0.0424. The van der Waals surface area contributed by atoms with E-state index in [1.54, 1.807) is 0 Å². The van der Waals surface area contributed by atoms with Crippen molar-refractivity contribution in [1.82, 2.24) is 9.55 Å². The van der Waals surface area contributed by atoms with Gasteiger partial charge in [0.25, 0.3) is 0 Å². The van der Waals surface area contributed by atoms with Crippen LogP contribution in [0.15, 0.2) is 18.2 Å². The van der Waals surface area contributed by atoms with Crippen LogP contribution in [0.3, 0.4) is 0 Å². The van der Waals surface area contributed by atoms with Gasteiger partial charge in [0.05, 0.1) is 16.4 Å². The quantitative estimate of drug-likeness (QED) is 0.735. The molecule has 0 N–H and O–H groups in total. The van der Waals surface area contributed by atoms with Crippen LogP contribution in [0.1, 0.15) is 37.0 Å². The third kappa shape index (κ3) is 1.94. The van der Waals surface area contributed by atoms with E-state index in [9.17, 15) is 0 Å². The van der Waals surface area contributed by atoms with Gasteiger partial charge in [-0.3, -0.25) is 0 Å². The van der Waals surface area contributed by atoms with Gasteiger partial charge in [-0.1, -0.05) is 13.0 Å². The van der Waals surface area contributed by atoms with Crippen molar-refractivity contribution in [3.63, 3.8) is 0 Å². The van der Waals surface area contributed by atoms with Crippen molar-refractivity contribution in [2.45, 2.75) is 39.1 Å². The third-order valence-corrected chi connectivity index (χ3v) is 2.93. The molecule has 16 heavy (non-hydrogen) atoms. The molecule has 2 nitrogen and oxygen atoms in total. The molecule has 0 radical (unpaired) electrons. The van der Waals surface area contributed by atoms with E-state index in [4.69, 9.17) is 11.6 Å². The Labute approximate surface area is 101 Å². The van der Waals surface area contributed by atoms with E-state index in [1.165, 1.54) is 11.1 Å². The average molecular weight is 237 g/mol. The molecule has 0 bridgehead atoms. The Hall–Kier alpha value is -1.02. The number of halogens is 1. The summed E-state index contributed by atoms with van der Waals surface area (Å²) in [6.45, 7) is 7.21. The lowest BCUT2D eigenvalue weighted by Crippen LogP contribution is -2.03. The lowest BCUT2D eigenvalue weighted by Gasteiger charge is -2.08. The summed E-state index contributed by atoms with van der Waals surface area (Å²) in [4.78, 5) is 4.62. The smallest absolute Gasteiger partial charge is 0.127 e. The molecular weight excluding hydrogens is 220 g/mol. The van der Waals surface area contributed by atoms with Crippen LogP contribution in [0, 0.1) is 6.92 Å². The molecule has 1 aromatic carbocycles. The first-order chi connectivity index (χ1) is 7.63. The second kappa shape index (κ2) is 4.46. The van der Waals surface area contributed by atoms with Crippen molar-refractivity contribution in [2.75, 3.05) is 0 Å². The van der Waals surface area contributed by atoms with Crippen LogP contribution < -0.4 is 0 Å². The molecule has 0 saturated carbocycles. The molecule has 2 aromatic rings. The summed E-state index contributed by atoms with van der Waals surface area (Å²) in [6.07, 6.45) is 1.09. The Morgan fingerprint density at radius 1 is 1.44 bits per heavy atom. The lowest BCUT2D eigenvalue weighted by molar-refractivity contribution is 0.654. The van der Waals surface area contributed by atoms with Crippen LogP contribution in [0.5, 0.6) is 0 Å². The fraction of sp³-hybridized carbons (Fsp3) is 0.462. The van der Waals surface area contributed by atoms with Gasteiger partial charge < -0.3 is 4.57 Å². The van der Waals surface area contributed by atoms with Gasteiger partial charge in [0, 0.05) is 6.54 Å². The van der Waals surface area contributed by atoms with Crippen molar-refractivity contribution in [3.05, 3.63) is 29.6 Å². The summed E-state index contributed by atoms with van der Waals surface area (Å²) >= 11 is 6.17. The van der Waals surface area contributed by atoms with Gasteiger partial charge >= 0.3 is 0 Å². The Kier molecular flexibility index (Phi) is 3.20. The SMILES string of the molecule is CCCn1c(C(C)Cl)nc2cc(C)ccc21. The van der Waals surface area contributed by atoms with Crippen LogP contribution in [-0.4, -0.2) is 9.55 Å². The molecule has 1 aromatic heterocycles. The van der Waals surface area contributed by atoms with Gasteiger partial charge in [0.2, 0.25) is 0 Å². The van der Waals surface area contributed by atoms with Gasteiger partial charge in [-0.2, -0.15) is 0 Å². The molecule has 0 aliphatic carbocycles. The minimum Gasteiger partial charge on any atom is -0.327 e. The minimum atomic E-state index is -0.0424. The molecule has 0 amide bonds. The van der Waals surface area contributed by atoms with Crippen molar-refractivity contribution >= 4 is 22.6 Å². The van der Waals surface area contributed by atoms with Crippen LogP contribution in [-0.2, 0) is 6.54 Å². The highest BCUT2D eigenvalue weighted by Crippen LogP contribution is 2.25. The summed E-state index contributed by atoms with van der Waals surface area (Å²) < 4.78 is 2.23. The fourth-order valence-electron chi connectivity index (χ4n) is 2.02. The van der Waals surface area contributed by atoms with Crippen LogP contribution in [0.4, 0.5) is 0 Å². The third-order valence-electron chi connectivity index (χ3n) is 2.74. The van der Waals surface area contributed by atoms with E-state index < -0.39 is 0 Å². The summed E-state index contributed by atoms with van der Waals surface area (Å²) in [7, 11) is 0. The predicted octanol–water partition coefficient (Wildman–Crippen LogP) is 4.05. The van der Waals surface area contributed by atoms with Crippen molar-refractivity contribution in [3.8, 4) is 0 Å². The molecular formula is C13H17ClN2. The highest BCUT2D eigenvalue weighted by atomic mass is 35.5. The maximum Gasteiger partial charge on any atom is 0.127 e. The highest BCUT2D eigenvalue weighted by Gasteiger charge is 2.13. The maximum absolute atomic E-state index is 6.17. The second-order valence-electron chi connectivity index (χ2n) is 4.23. The number of nitrogens with zero attached hydrogens (tertiary/aromatic N) is 2. The minimum absolute atomic E-state index is 0.0424. The normalized spacial score (nSPS) is 13.2. The Morgan fingerprint density at radius 3 is 2.81 bits per heavy atom. The maximum atomic E-state index is 6.17. The first-order valence-corrected chi connectivity index (χ1v) is 6.18. The molecule has 3 heteroatoms. The zero-order valence-electron chi connectivity index (χ0n) is 10.00. The van der Waals surface area contributed by atoms with Gasteiger partial charge in [0.1, 0.15) is 5.82 Å². The number of rotatable bonds is 3. The molecule has 0 fully saturated rings. The van der Waals surface area contributed by atoms with Crippen molar-refractivity contribution in [2.24, 2.45) is 0 Å². The highest BCUT2D eigenvalue weighted by molar-refractivity contribution is 6.20. The Balaban J connectivity index is 2.65. The number of aryl methyl sites for hydroxylation is 2. The summed E-state index contributed by atoms with van der Waals surface area (Å²) in [5.74, 6) is 0.976. The van der Waals surface area contributed by atoms with Crippen LogP contribution in [0.2, 0.25) is 0 Å². The van der Waals surface area contributed by atoms with Gasteiger partial charge in [-0.25, -0.2) is 4.98 Å². The molecule has 1 atom stereocenters. The Morgan fingerprint density at radius 2 is 2.19 bits per heavy atom. The Bertz CT molecular complexity index is 500. The topological polar surface area (TPSA) is 17.8 Å². The van der Waals surface area contributed by atoms with Crippen molar-refractivity contribution in [1.29, 1.82) is 0 Å². The molecule has 1 heterocycles. The first kappa shape index (κ1) is 11.5. The zero-order valence-corrected chi connectivity index (χ0v) is 10.8. The lowest BCUT2D eigenvalue weighted by atomic mass is 10.2. The van der Waals surface area contributed by atoms with Gasteiger partial charge in [-0.15, -0.1) is 11.6 Å². The molecule has 0 spiro atoms. The average Bonchev–Trinajstić information content (AvgIpc) is 2.57. The number of hydrogen-bond donors (Lipinski definition) is 0. The van der Waals surface area contributed by atoms with Crippen LogP contribution in [0.25, 0.3) is 11.0 Å². The van der Waals surface area contributed by atoms with E-state index in [0.29, 0.717) is 0 Å². The number of imidazole rings is 1. The van der Waals surface area contributed by atoms with Crippen molar-refractivity contribution < 1.29 is 0 Å². The number of alkyl halides is 1.